The summed E-state index contributed by atoms with van der Waals surface area (Å²) in [4.78, 5) is 11.9. The van der Waals surface area contributed by atoms with Crippen LogP contribution >= 0.6 is 35.6 Å². The van der Waals surface area contributed by atoms with Crippen LogP contribution in [0.2, 0.25) is 10.0 Å². The number of rotatable bonds is 5. The van der Waals surface area contributed by atoms with Crippen molar-refractivity contribution in [3.05, 3.63) is 58.1 Å². The highest BCUT2D eigenvalue weighted by molar-refractivity contribution is 6.32. The number of ether oxygens (including phenoxy) is 1. The third-order valence-electron chi connectivity index (χ3n) is 4.21. The van der Waals surface area contributed by atoms with Gasteiger partial charge in [0.25, 0.3) is 0 Å². The predicted octanol–water partition coefficient (Wildman–Crippen LogP) is 5.89. The van der Waals surface area contributed by atoms with E-state index in [9.17, 15) is 4.79 Å². The lowest BCUT2D eigenvalue weighted by Gasteiger charge is -2.10. The fraction of sp³-hybridized carbons (Fsp3) is 0.200. The zero-order valence-corrected chi connectivity index (χ0v) is 17.2. The quantitative estimate of drug-likeness (QED) is 0.409. The number of carbonyl (C=O) groups excluding carboxylic acids is 1. The van der Waals surface area contributed by atoms with E-state index in [4.69, 9.17) is 33.3 Å². The van der Waals surface area contributed by atoms with Crippen LogP contribution in [0.25, 0.3) is 22.2 Å². The summed E-state index contributed by atoms with van der Waals surface area (Å²) in [5.41, 5.74) is 3.56. The molecule has 1 heterocycles. The highest BCUT2D eigenvalue weighted by Gasteiger charge is 2.22. The van der Waals surface area contributed by atoms with Gasteiger partial charge < -0.3 is 14.7 Å². The Balaban J connectivity index is 0.00000261. The Labute approximate surface area is 173 Å². The monoisotopic (exact) mass is 424 g/mol. The summed E-state index contributed by atoms with van der Waals surface area (Å²) in [6, 6.07) is 13.0. The summed E-state index contributed by atoms with van der Waals surface area (Å²) in [5, 5.41) is 10.6. The Morgan fingerprint density at radius 3 is 2.37 bits per heavy atom. The summed E-state index contributed by atoms with van der Waals surface area (Å²) >= 11 is 12.2. The van der Waals surface area contributed by atoms with Gasteiger partial charge in [0.2, 0.25) is 0 Å². The predicted molar refractivity (Wildman–Crippen MR) is 114 cm³/mol. The van der Waals surface area contributed by atoms with Gasteiger partial charge in [-0.05, 0) is 42.8 Å². The van der Waals surface area contributed by atoms with Crippen LogP contribution in [0.15, 0.2) is 42.5 Å². The van der Waals surface area contributed by atoms with Gasteiger partial charge in [-0.3, -0.25) is 4.79 Å². The molecule has 3 aromatic rings. The topological polar surface area (TPSA) is 55.1 Å². The number of hydrogen-bond donors (Lipinski definition) is 1. The van der Waals surface area contributed by atoms with Crippen LogP contribution < -0.4 is 0 Å². The van der Waals surface area contributed by atoms with Crippen molar-refractivity contribution in [2.24, 2.45) is 7.05 Å². The van der Waals surface area contributed by atoms with E-state index in [2.05, 4.69) is 0 Å². The molecule has 0 radical (unpaired) electrons. The van der Waals surface area contributed by atoms with Crippen LogP contribution in [0.3, 0.4) is 0 Å². The van der Waals surface area contributed by atoms with Gasteiger partial charge in [-0.1, -0.05) is 35.3 Å². The zero-order chi connectivity index (χ0) is 18.8. The van der Waals surface area contributed by atoms with Crippen molar-refractivity contribution in [1.29, 1.82) is 5.41 Å². The lowest BCUT2D eigenvalue weighted by Crippen LogP contribution is -2.12. The number of carbonyl (C=O) groups is 1. The van der Waals surface area contributed by atoms with Gasteiger partial charge in [0.15, 0.2) is 0 Å². The van der Waals surface area contributed by atoms with Crippen molar-refractivity contribution >= 4 is 58.2 Å². The zero-order valence-electron chi connectivity index (χ0n) is 14.9. The molecule has 0 spiro atoms. The lowest BCUT2D eigenvalue weighted by molar-refractivity contribution is -0.141. The number of nitrogens with zero attached hydrogens (tertiary/aromatic N) is 1. The highest BCUT2D eigenvalue weighted by Crippen LogP contribution is 2.35. The van der Waals surface area contributed by atoms with Crippen molar-refractivity contribution in [3.63, 3.8) is 0 Å². The molecule has 0 aliphatic carbocycles. The normalized spacial score (nSPS) is 10.5. The number of aryl methyl sites for hydroxylation is 1. The van der Waals surface area contributed by atoms with Crippen LogP contribution in [0.1, 0.15) is 18.9 Å². The first kappa shape index (κ1) is 21.3. The molecular formula is C20H19Cl3N2O2. The maximum Gasteiger partial charge on any atom is 0.311 e. The second-order valence-corrected chi connectivity index (χ2v) is 6.78. The highest BCUT2D eigenvalue weighted by atomic mass is 35.5. The first-order chi connectivity index (χ1) is 12.4. The third kappa shape index (κ3) is 4.29. The average Bonchev–Trinajstić information content (AvgIpc) is 2.88. The van der Waals surface area contributed by atoms with Crippen molar-refractivity contribution in [2.75, 3.05) is 6.61 Å². The van der Waals surface area contributed by atoms with Crippen molar-refractivity contribution in [3.8, 4) is 11.3 Å². The molecule has 0 fully saturated rings. The van der Waals surface area contributed by atoms with Gasteiger partial charge in [-0.2, -0.15) is 0 Å². The Bertz CT molecular complexity index is 995. The molecule has 0 amide bonds. The smallest absolute Gasteiger partial charge is 0.311 e. The summed E-state index contributed by atoms with van der Waals surface area (Å²) < 4.78 is 7.01. The molecule has 0 unspecified atom stereocenters. The molecule has 2 aromatic carbocycles. The maximum absolute atomic E-state index is 11.9. The molecule has 7 heteroatoms. The summed E-state index contributed by atoms with van der Waals surface area (Å²) in [7, 11) is 1.93. The molecule has 0 bridgehead atoms. The fourth-order valence-corrected chi connectivity index (χ4v) is 3.41. The van der Waals surface area contributed by atoms with E-state index in [1.807, 2.05) is 41.9 Å². The molecule has 0 aliphatic rings. The second-order valence-electron chi connectivity index (χ2n) is 5.91. The van der Waals surface area contributed by atoms with Gasteiger partial charge in [0.05, 0.1) is 24.4 Å². The standard InChI is InChI=1S/C20H18Cl2N2O2.ClH/c1-3-26-18(25)11-16(23)19-15-10-14(22)8-9-17(15)24(2)20(19)12-4-6-13(21)7-5-12;/h4-10,23H,3,11H2,1-2H3;1H. The van der Waals surface area contributed by atoms with Gasteiger partial charge in [-0.15, -0.1) is 12.4 Å². The minimum absolute atomic E-state index is 0. The van der Waals surface area contributed by atoms with Crippen LogP contribution in [0.4, 0.5) is 0 Å². The molecule has 3 rings (SSSR count). The fourth-order valence-electron chi connectivity index (χ4n) is 3.11. The molecular weight excluding hydrogens is 407 g/mol. The molecule has 27 heavy (non-hydrogen) atoms. The van der Waals surface area contributed by atoms with Crippen molar-refractivity contribution in [1.82, 2.24) is 4.57 Å². The maximum atomic E-state index is 11.9. The molecule has 0 atom stereocenters. The molecule has 142 valence electrons. The first-order valence-corrected chi connectivity index (χ1v) is 8.95. The summed E-state index contributed by atoms with van der Waals surface area (Å²) in [6.07, 6.45) is -0.0972. The van der Waals surface area contributed by atoms with E-state index < -0.39 is 5.97 Å². The number of fused-ring (bicyclic) bond motifs is 1. The Kier molecular flexibility index (Phi) is 6.93. The number of esters is 1. The molecule has 1 N–H and O–H groups in total. The minimum Gasteiger partial charge on any atom is -0.466 e. The van der Waals surface area contributed by atoms with Gasteiger partial charge in [0, 0.05) is 33.6 Å². The Hall–Kier alpha value is -2.01. The lowest BCUT2D eigenvalue weighted by atomic mass is 9.99. The SMILES string of the molecule is CCOC(=O)CC(=N)c1c(-c2ccc(Cl)cc2)n(C)c2ccc(Cl)cc12.Cl. The largest absolute Gasteiger partial charge is 0.466 e. The van der Waals surface area contributed by atoms with Crippen LogP contribution in [0.5, 0.6) is 0 Å². The number of benzene rings is 2. The van der Waals surface area contributed by atoms with E-state index in [1.165, 1.54) is 0 Å². The number of hydrogen-bond acceptors (Lipinski definition) is 3. The molecule has 0 aliphatic heterocycles. The van der Waals surface area contributed by atoms with Crippen molar-refractivity contribution < 1.29 is 9.53 Å². The van der Waals surface area contributed by atoms with Gasteiger partial charge in [0.1, 0.15) is 0 Å². The first-order valence-electron chi connectivity index (χ1n) is 8.19. The molecule has 4 nitrogen and oxygen atoms in total. The van der Waals surface area contributed by atoms with Gasteiger partial charge in [-0.25, -0.2) is 0 Å². The van der Waals surface area contributed by atoms with Crippen LogP contribution in [0, 0.1) is 5.41 Å². The number of nitrogens with one attached hydrogen (secondary N) is 1. The van der Waals surface area contributed by atoms with Crippen LogP contribution in [-0.2, 0) is 16.6 Å². The molecule has 0 saturated carbocycles. The Morgan fingerprint density at radius 1 is 1.11 bits per heavy atom. The summed E-state index contributed by atoms with van der Waals surface area (Å²) in [5.74, 6) is -0.418. The van der Waals surface area contributed by atoms with E-state index >= 15 is 0 Å². The third-order valence-corrected chi connectivity index (χ3v) is 4.69. The summed E-state index contributed by atoms with van der Waals surface area (Å²) in [6.45, 7) is 2.04. The number of aromatic nitrogens is 1. The van der Waals surface area contributed by atoms with E-state index in [0.717, 1.165) is 22.2 Å². The minimum atomic E-state index is -0.418. The Morgan fingerprint density at radius 2 is 1.74 bits per heavy atom. The second kappa shape index (κ2) is 8.79. The van der Waals surface area contributed by atoms with E-state index in [-0.39, 0.29) is 31.1 Å². The number of halogens is 3. The van der Waals surface area contributed by atoms with Crippen LogP contribution in [-0.4, -0.2) is 22.9 Å². The van der Waals surface area contributed by atoms with E-state index in [0.29, 0.717) is 15.6 Å². The van der Waals surface area contributed by atoms with E-state index in [1.54, 1.807) is 19.1 Å². The average molecular weight is 426 g/mol. The van der Waals surface area contributed by atoms with Gasteiger partial charge >= 0.3 is 5.97 Å². The van der Waals surface area contributed by atoms with Crippen molar-refractivity contribution in [2.45, 2.75) is 13.3 Å². The molecule has 1 aromatic heterocycles. The molecule has 0 saturated heterocycles.